The Hall–Kier alpha value is -3.29. The molecule has 0 atom stereocenters. The standard InChI is InChI=1S/C20H12ClN3O3S/c21-14-5-3-12(4-6-14)17(25)18-16(15-2-1-11-27-15)23-20(28-18)24-19(26)13-7-9-22-10-8-13/h1-11H,(H,23,24,26). The summed E-state index contributed by atoms with van der Waals surface area (Å²) in [5, 5.41) is 3.56. The van der Waals surface area contributed by atoms with E-state index in [-0.39, 0.29) is 11.7 Å². The van der Waals surface area contributed by atoms with Crippen molar-refractivity contribution in [2.75, 3.05) is 5.32 Å². The second-order valence-electron chi connectivity index (χ2n) is 5.70. The van der Waals surface area contributed by atoms with Gasteiger partial charge in [0.05, 0.1) is 6.26 Å². The molecule has 138 valence electrons. The average molecular weight is 410 g/mol. The van der Waals surface area contributed by atoms with E-state index >= 15 is 0 Å². The molecule has 4 aromatic rings. The van der Waals surface area contributed by atoms with Crippen LogP contribution in [-0.2, 0) is 0 Å². The highest BCUT2D eigenvalue weighted by atomic mass is 35.5. The van der Waals surface area contributed by atoms with Crippen LogP contribution in [0.4, 0.5) is 5.13 Å². The normalized spacial score (nSPS) is 10.6. The van der Waals surface area contributed by atoms with Crippen LogP contribution in [0.2, 0.25) is 5.02 Å². The maximum Gasteiger partial charge on any atom is 0.257 e. The third-order valence-electron chi connectivity index (χ3n) is 3.86. The Morgan fingerprint density at radius 2 is 1.75 bits per heavy atom. The first-order valence-corrected chi connectivity index (χ1v) is 9.37. The molecule has 8 heteroatoms. The van der Waals surface area contributed by atoms with Gasteiger partial charge in [0.25, 0.3) is 5.91 Å². The first-order chi connectivity index (χ1) is 13.6. The number of hydrogen-bond donors (Lipinski definition) is 1. The van der Waals surface area contributed by atoms with Gasteiger partial charge in [0.1, 0.15) is 10.6 Å². The molecule has 28 heavy (non-hydrogen) atoms. The molecule has 3 aromatic heterocycles. The fourth-order valence-electron chi connectivity index (χ4n) is 2.51. The lowest BCUT2D eigenvalue weighted by molar-refractivity contribution is 0.102. The zero-order chi connectivity index (χ0) is 19.5. The van der Waals surface area contributed by atoms with Crippen molar-refractivity contribution in [3.05, 3.63) is 88.2 Å². The topological polar surface area (TPSA) is 85.1 Å². The van der Waals surface area contributed by atoms with E-state index in [0.717, 1.165) is 11.3 Å². The Kier molecular flexibility index (Phi) is 5.01. The Bertz CT molecular complexity index is 1120. The number of ketones is 1. The summed E-state index contributed by atoms with van der Waals surface area (Å²) in [6.45, 7) is 0. The van der Waals surface area contributed by atoms with Crippen LogP contribution in [0.1, 0.15) is 25.6 Å². The van der Waals surface area contributed by atoms with E-state index in [9.17, 15) is 9.59 Å². The number of anilines is 1. The molecule has 0 unspecified atom stereocenters. The second-order valence-corrected chi connectivity index (χ2v) is 7.14. The van der Waals surface area contributed by atoms with Gasteiger partial charge >= 0.3 is 0 Å². The minimum atomic E-state index is -0.340. The molecule has 0 aliphatic carbocycles. The van der Waals surface area contributed by atoms with Crippen molar-refractivity contribution < 1.29 is 14.0 Å². The number of thiazole rings is 1. The number of furan rings is 1. The molecule has 0 fully saturated rings. The summed E-state index contributed by atoms with van der Waals surface area (Å²) in [5.74, 6) is -0.129. The van der Waals surface area contributed by atoms with Crippen LogP contribution in [0.15, 0.2) is 71.6 Å². The molecule has 0 saturated carbocycles. The van der Waals surface area contributed by atoms with E-state index in [4.69, 9.17) is 16.0 Å². The Labute approximate surface area is 168 Å². The van der Waals surface area contributed by atoms with Crippen LogP contribution < -0.4 is 5.32 Å². The van der Waals surface area contributed by atoms with E-state index in [1.54, 1.807) is 48.5 Å². The number of hydrogen-bond acceptors (Lipinski definition) is 6. The summed E-state index contributed by atoms with van der Waals surface area (Å²) >= 11 is 6.99. The van der Waals surface area contributed by atoms with E-state index < -0.39 is 0 Å². The molecule has 0 aliphatic rings. The molecule has 1 amide bonds. The Morgan fingerprint density at radius 3 is 2.43 bits per heavy atom. The summed E-state index contributed by atoms with van der Waals surface area (Å²) in [7, 11) is 0. The van der Waals surface area contributed by atoms with Crippen LogP contribution >= 0.6 is 22.9 Å². The van der Waals surface area contributed by atoms with Crippen molar-refractivity contribution in [2.24, 2.45) is 0 Å². The molecule has 1 aromatic carbocycles. The molecule has 0 radical (unpaired) electrons. The third kappa shape index (κ3) is 3.71. The number of aromatic nitrogens is 2. The highest BCUT2D eigenvalue weighted by molar-refractivity contribution is 7.18. The van der Waals surface area contributed by atoms with E-state index in [1.165, 1.54) is 18.7 Å². The number of nitrogens with zero attached hydrogens (tertiary/aromatic N) is 2. The predicted molar refractivity (Wildman–Crippen MR) is 107 cm³/mol. The van der Waals surface area contributed by atoms with Crippen LogP contribution in [0.3, 0.4) is 0 Å². The largest absolute Gasteiger partial charge is 0.463 e. The zero-order valence-corrected chi connectivity index (χ0v) is 15.8. The highest BCUT2D eigenvalue weighted by Gasteiger charge is 2.23. The maximum absolute atomic E-state index is 13.0. The van der Waals surface area contributed by atoms with Gasteiger partial charge in [0, 0.05) is 28.5 Å². The average Bonchev–Trinajstić information content (AvgIpc) is 3.38. The molecule has 0 bridgehead atoms. The Balaban J connectivity index is 1.70. The van der Waals surface area contributed by atoms with Crippen molar-refractivity contribution in [3.63, 3.8) is 0 Å². The molecular weight excluding hydrogens is 398 g/mol. The van der Waals surface area contributed by atoms with Crippen molar-refractivity contribution in [1.82, 2.24) is 9.97 Å². The molecule has 1 N–H and O–H groups in total. The third-order valence-corrected chi connectivity index (χ3v) is 5.08. The number of carbonyl (C=O) groups excluding carboxylic acids is 2. The summed E-state index contributed by atoms with van der Waals surface area (Å²) in [6.07, 6.45) is 4.56. The summed E-state index contributed by atoms with van der Waals surface area (Å²) in [4.78, 5) is 34.1. The van der Waals surface area contributed by atoms with Gasteiger partial charge in [-0.3, -0.25) is 19.9 Å². The van der Waals surface area contributed by atoms with Crippen LogP contribution in [0, 0.1) is 0 Å². The van der Waals surface area contributed by atoms with Gasteiger partial charge in [0.2, 0.25) is 5.78 Å². The van der Waals surface area contributed by atoms with Gasteiger partial charge in [-0.05, 0) is 48.5 Å². The molecule has 0 spiro atoms. The molecule has 0 saturated heterocycles. The number of rotatable bonds is 5. The number of pyridine rings is 1. The maximum atomic E-state index is 13.0. The van der Waals surface area contributed by atoms with Crippen molar-refractivity contribution in [3.8, 4) is 11.5 Å². The summed E-state index contributed by atoms with van der Waals surface area (Å²) < 4.78 is 5.42. The van der Waals surface area contributed by atoms with Crippen LogP contribution in [0.5, 0.6) is 0 Å². The van der Waals surface area contributed by atoms with Crippen LogP contribution in [-0.4, -0.2) is 21.7 Å². The lowest BCUT2D eigenvalue weighted by Crippen LogP contribution is -2.11. The number of halogens is 1. The smallest absolute Gasteiger partial charge is 0.257 e. The minimum absolute atomic E-state index is 0.232. The lowest BCUT2D eigenvalue weighted by atomic mass is 10.1. The first kappa shape index (κ1) is 18.1. The van der Waals surface area contributed by atoms with Gasteiger partial charge < -0.3 is 4.42 Å². The van der Waals surface area contributed by atoms with E-state index in [2.05, 4.69) is 15.3 Å². The fourth-order valence-corrected chi connectivity index (χ4v) is 3.57. The summed E-state index contributed by atoms with van der Waals surface area (Å²) in [6, 6.07) is 13.2. The van der Waals surface area contributed by atoms with Gasteiger partial charge in [-0.25, -0.2) is 4.98 Å². The molecular formula is C20H12ClN3O3S. The van der Waals surface area contributed by atoms with Gasteiger partial charge in [-0.2, -0.15) is 0 Å². The van der Waals surface area contributed by atoms with E-state index in [0.29, 0.717) is 37.6 Å². The zero-order valence-electron chi connectivity index (χ0n) is 14.3. The van der Waals surface area contributed by atoms with Gasteiger partial charge in [0.15, 0.2) is 10.9 Å². The van der Waals surface area contributed by atoms with Crippen molar-refractivity contribution in [1.29, 1.82) is 0 Å². The number of amides is 1. The molecule has 3 heterocycles. The van der Waals surface area contributed by atoms with Crippen molar-refractivity contribution in [2.45, 2.75) is 0 Å². The van der Waals surface area contributed by atoms with Crippen LogP contribution in [0.25, 0.3) is 11.5 Å². The summed E-state index contributed by atoms with van der Waals surface area (Å²) in [5.41, 5.74) is 1.28. The minimum Gasteiger partial charge on any atom is -0.463 e. The fraction of sp³-hybridized carbons (Fsp3) is 0. The van der Waals surface area contributed by atoms with Crippen molar-refractivity contribution >= 4 is 39.8 Å². The quantitative estimate of drug-likeness (QED) is 0.472. The highest BCUT2D eigenvalue weighted by Crippen LogP contribution is 2.33. The predicted octanol–water partition coefficient (Wildman–Crippen LogP) is 4.93. The number of carbonyl (C=O) groups is 2. The van der Waals surface area contributed by atoms with E-state index in [1.807, 2.05) is 0 Å². The lowest BCUT2D eigenvalue weighted by Gasteiger charge is -2.00. The molecule has 0 aliphatic heterocycles. The SMILES string of the molecule is O=C(Nc1nc(-c2ccco2)c(C(=O)c2ccc(Cl)cc2)s1)c1ccncc1. The molecule has 6 nitrogen and oxygen atoms in total. The monoisotopic (exact) mass is 409 g/mol. The number of nitrogens with one attached hydrogen (secondary N) is 1. The Morgan fingerprint density at radius 1 is 1.00 bits per heavy atom. The number of benzene rings is 1. The van der Waals surface area contributed by atoms with Gasteiger partial charge in [-0.15, -0.1) is 0 Å². The first-order valence-electron chi connectivity index (χ1n) is 8.18. The second kappa shape index (κ2) is 7.75. The van der Waals surface area contributed by atoms with Gasteiger partial charge in [-0.1, -0.05) is 22.9 Å². The molecule has 4 rings (SSSR count).